The first-order valence-corrected chi connectivity index (χ1v) is 6.36. The van der Waals surface area contributed by atoms with E-state index in [1.54, 1.807) is 13.2 Å². The Morgan fingerprint density at radius 2 is 2.37 bits per heavy atom. The number of anilines is 1. The van der Waals surface area contributed by atoms with Crippen LogP contribution in [0.2, 0.25) is 0 Å². The van der Waals surface area contributed by atoms with Crippen molar-refractivity contribution in [2.24, 2.45) is 7.05 Å². The van der Waals surface area contributed by atoms with Crippen molar-refractivity contribution in [2.75, 3.05) is 5.32 Å². The minimum atomic E-state index is -0.201. The highest BCUT2D eigenvalue weighted by Crippen LogP contribution is 2.14. The third kappa shape index (κ3) is 3.42. The van der Waals surface area contributed by atoms with Crippen LogP contribution in [0, 0.1) is 11.3 Å². The van der Waals surface area contributed by atoms with Crippen molar-refractivity contribution in [2.45, 2.75) is 6.42 Å². The summed E-state index contributed by atoms with van der Waals surface area (Å²) in [5.41, 5.74) is 1.24. The van der Waals surface area contributed by atoms with E-state index in [4.69, 9.17) is 5.26 Å². The molecule has 2 aromatic rings. The smallest absolute Gasteiger partial charge is 0.230 e. The van der Waals surface area contributed by atoms with Crippen LogP contribution in [-0.2, 0) is 18.3 Å². The zero-order chi connectivity index (χ0) is 13.8. The fourth-order valence-electron chi connectivity index (χ4n) is 1.67. The van der Waals surface area contributed by atoms with E-state index < -0.39 is 0 Å². The first-order valence-electron chi connectivity index (χ1n) is 5.56. The molecule has 0 atom stereocenters. The van der Waals surface area contributed by atoms with Gasteiger partial charge in [-0.25, -0.2) is 0 Å². The predicted molar refractivity (Wildman–Crippen MR) is 74.4 cm³/mol. The number of nitriles is 1. The molecule has 1 N–H and O–H groups in total. The molecule has 1 aromatic heterocycles. The Balaban J connectivity index is 2.08. The third-order valence-electron chi connectivity index (χ3n) is 2.46. The van der Waals surface area contributed by atoms with Gasteiger partial charge >= 0.3 is 0 Å². The third-order valence-corrected chi connectivity index (χ3v) is 2.95. The SMILES string of the molecule is Cn1cc(C#N)c(NC(=O)Cc2cccc(Br)c2)n1. The van der Waals surface area contributed by atoms with E-state index in [2.05, 4.69) is 26.3 Å². The van der Waals surface area contributed by atoms with Crippen LogP contribution in [0.4, 0.5) is 5.82 Å². The monoisotopic (exact) mass is 318 g/mol. The number of amides is 1. The van der Waals surface area contributed by atoms with Crippen molar-refractivity contribution in [3.05, 3.63) is 46.1 Å². The number of benzene rings is 1. The quantitative estimate of drug-likeness (QED) is 0.943. The van der Waals surface area contributed by atoms with Crippen LogP contribution < -0.4 is 5.32 Å². The van der Waals surface area contributed by atoms with Crippen molar-refractivity contribution in [1.82, 2.24) is 9.78 Å². The van der Waals surface area contributed by atoms with Gasteiger partial charge in [0.1, 0.15) is 11.6 Å². The lowest BCUT2D eigenvalue weighted by atomic mass is 10.1. The minimum absolute atomic E-state index is 0.201. The van der Waals surface area contributed by atoms with E-state index in [0.717, 1.165) is 10.0 Å². The van der Waals surface area contributed by atoms with Crippen LogP contribution in [0.25, 0.3) is 0 Å². The molecule has 0 saturated carbocycles. The number of carbonyl (C=O) groups excluding carboxylic acids is 1. The average molecular weight is 319 g/mol. The largest absolute Gasteiger partial charge is 0.308 e. The number of halogens is 1. The van der Waals surface area contributed by atoms with Crippen LogP contribution in [0.1, 0.15) is 11.1 Å². The predicted octanol–water partition coefficient (Wildman–Crippen LogP) is 2.24. The molecule has 0 aliphatic rings. The zero-order valence-corrected chi connectivity index (χ0v) is 11.8. The summed E-state index contributed by atoms with van der Waals surface area (Å²) in [6, 6.07) is 9.50. The molecule has 0 spiro atoms. The van der Waals surface area contributed by atoms with Gasteiger partial charge in [-0.15, -0.1) is 0 Å². The van der Waals surface area contributed by atoms with Crippen molar-refractivity contribution < 1.29 is 4.79 Å². The molecule has 0 radical (unpaired) electrons. The highest BCUT2D eigenvalue weighted by molar-refractivity contribution is 9.10. The summed E-state index contributed by atoms with van der Waals surface area (Å²) in [7, 11) is 1.70. The van der Waals surface area contributed by atoms with E-state index in [0.29, 0.717) is 11.4 Å². The van der Waals surface area contributed by atoms with E-state index in [1.165, 1.54) is 4.68 Å². The molecule has 1 heterocycles. The molecular weight excluding hydrogens is 308 g/mol. The number of hydrogen-bond acceptors (Lipinski definition) is 3. The Bertz CT molecular complexity index is 657. The lowest BCUT2D eigenvalue weighted by molar-refractivity contribution is -0.115. The molecule has 6 heteroatoms. The number of hydrogen-bond donors (Lipinski definition) is 1. The number of aromatic nitrogens is 2. The van der Waals surface area contributed by atoms with Crippen LogP contribution in [0.5, 0.6) is 0 Å². The number of aryl methyl sites for hydroxylation is 1. The highest BCUT2D eigenvalue weighted by Gasteiger charge is 2.11. The number of nitrogens with one attached hydrogen (secondary N) is 1. The van der Waals surface area contributed by atoms with Gasteiger partial charge < -0.3 is 5.32 Å². The lowest BCUT2D eigenvalue weighted by Gasteiger charge is -2.03. The summed E-state index contributed by atoms with van der Waals surface area (Å²) in [5.74, 6) is 0.0956. The summed E-state index contributed by atoms with van der Waals surface area (Å²) >= 11 is 3.35. The van der Waals surface area contributed by atoms with Crippen molar-refractivity contribution >= 4 is 27.7 Å². The van der Waals surface area contributed by atoms with Crippen molar-refractivity contribution in [3.8, 4) is 6.07 Å². The molecule has 1 amide bonds. The van der Waals surface area contributed by atoms with Crippen LogP contribution in [0.3, 0.4) is 0 Å². The van der Waals surface area contributed by atoms with E-state index in [9.17, 15) is 4.79 Å². The van der Waals surface area contributed by atoms with Crippen molar-refractivity contribution in [1.29, 1.82) is 5.26 Å². The Morgan fingerprint density at radius 3 is 3.05 bits per heavy atom. The maximum atomic E-state index is 11.9. The van der Waals surface area contributed by atoms with Gasteiger partial charge in [0.15, 0.2) is 5.82 Å². The molecule has 0 fully saturated rings. The standard InChI is InChI=1S/C13H11BrN4O/c1-18-8-10(7-15)13(17-18)16-12(19)6-9-3-2-4-11(14)5-9/h2-5,8H,6H2,1H3,(H,16,17,19). The van der Waals surface area contributed by atoms with Gasteiger partial charge in [0.25, 0.3) is 0 Å². The summed E-state index contributed by atoms with van der Waals surface area (Å²) in [4.78, 5) is 11.9. The Labute approximate surface area is 119 Å². The highest BCUT2D eigenvalue weighted by atomic mass is 79.9. The summed E-state index contributed by atoms with van der Waals surface area (Å²) in [5, 5.41) is 15.6. The van der Waals surface area contributed by atoms with E-state index in [1.807, 2.05) is 30.3 Å². The summed E-state index contributed by atoms with van der Waals surface area (Å²) in [6.45, 7) is 0. The molecule has 0 aliphatic heterocycles. The second-order valence-corrected chi connectivity index (χ2v) is 4.95. The molecular formula is C13H11BrN4O. The van der Waals surface area contributed by atoms with Gasteiger partial charge in [-0.3, -0.25) is 9.48 Å². The van der Waals surface area contributed by atoms with Gasteiger partial charge in [0, 0.05) is 17.7 Å². The van der Waals surface area contributed by atoms with Gasteiger partial charge in [0.2, 0.25) is 5.91 Å². The van der Waals surface area contributed by atoms with Crippen molar-refractivity contribution in [3.63, 3.8) is 0 Å². The minimum Gasteiger partial charge on any atom is -0.308 e. The topological polar surface area (TPSA) is 70.7 Å². The first kappa shape index (κ1) is 13.3. The zero-order valence-electron chi connectivity index (χ0n) is 10.2. The summed E-state index contributed by atoms with van der Waals surface area (Å²) < 4.78 is 2.42. The molecule has 0 bridgehead atoms. The Hall–Kier alpha value is -2.13. The average Bonchev–Trinajstić information content (AvgIpc) is 2.69. The van der Waals surface area contributed by atoms with Gasteiger partial charge in [-0.2, -0.15) is 10.4 Å². The lowest BCUT2D eigenvalue weighted by Crippen LogP contribution is -2.15. The van der Waals surface area contributed by atoms with Gasteiger partial charge in [0.05, 0.1) is 6.42 Å². The molecule has 5 nitrogen and oxygen atoms in total. The van der Waals surface area contributed by atoms with E-state index >= 15 is 0 Å². The number of nitrogens with zero attached hydrogens (tertiary/aromatic N) is 3. The molecule has 2 rings (SSSR count). The second kappa shape index (κ2) is 5.67. The van der Waals surface area contributed by atoms with Crippen LogP contribution >= 0.6 is 15.9 Å². The number of rotatable bonds is 3. The molecule has 19 heavy (non-hydrogen) atoms. The Morgan fingerprint density at radius 1 is 1.58 bits per heavy atom. The van der Waals surface area contributed by atoms with E-state index in [-0.39, 0.29) is 12.3 Å². The summed E-state index contributed by atoms with van der Waals surface area (Å²) in [6.07, 6.45) is 1.80. The second-order valence-electron chi connectivity index (χ2n) is 4.03. The number of carbonyl (C=O) groups is 1. The molecule has 0 aliphatic carbocycles. The molecule has 1 aromatic carbocycles. The first-order chi connectivity index (χ1) is 9.08. The molecule has 96 valence electrons. The molecule has 0 unspecified atom stereocenters. The maximum absolute atomic E-state index is 11.9. The van der Waals surface area contributed by atoms with Crippen LogP contribution in [0.15, 0.2) is 34.9 Å². The van der Waals surface area contributed by atoms with Crippen LogP contribution in [-0.4, -0.2) is 15.7 Å². The normalized spacial score (nSPS) is 9.95. The van der Waals surface area contributed by atoms with Gasteiger partial charge in [-0.1, -0.05) is 28.1 Å². The van der Waals surface area contributed by atoms with Gasteiger partial charge in [-0.05, 0) is 17.7 Å². The molecule has 0 saturated heterocycles. The fraction of sp³-hybridized carbons (Fsp3) is 0.154. The Kier molecular flexibility index (Phi) is 3.97. The maximum Gasteiger partial charge on any atom is 0.230 e. The fourth-order valence-corrected chi connectivity index (χ4v) is 2.12.